The van der Waals surface area contributed by atoms with Gasteiger partial charge in [-0.05, 0) is 30.5 Å². The first-order valence-corrected chi connectivity index (χ1v) is 9.18. The van der Waals surface area contributed by atoms with E-state index in [2.05, 4.69) is 22.0 Å². The molecule has 0 spiro atoms. The van der Waals surface area contributed by atoms with Crippen molar-refractivity contribution in [2.45, 2.75) is 4.90 Å². The third kappa shape index (κ3) is 2.68. The van der Waals surface area contributed by atoms with Crippen molar-refractivity contribution in [3.8, 4) is 6.07 Å². The summed E-state index contributed by atoms with van der Waals surface area (Å²) in [4.78, 5) is 13.7. The van der Waals surface area contributed by atoms with Gasteiger partial charge in [0.05, 0.1) is 16.8 Å². The molecule has 3 rings (SSSR count). The SMILES string of the molecule is CSc1c(C(=O)c2ccc(Br)cc2)c(N)c2ccccc2c1C#N. The van der Waals surface area contributed by atoms with Crippen LogP contribution in [0, 0.1) is 11.3 Å². The highest BCUT2D eigenvalue weighted by molar-refractivity contribution is 9.10. The third-order valence-electron chi connectivity index (χ3n) is 3.86. The first kappa shape index (κ1) is 16.6. The highest BCUT2D eigenvalue weighted by Gasteiger charge is 2.23. The van der Waals surface area contributed by atoms with Gasteiger partial charge in [-0.25, -0.2) is 0 Å². The summed E-state index contributed by atoms with van der Waals surface area (Å²) in [5, 5.41) is 11.1. The van der Waals surface area contributed by atoms with Gasteiger partial charge in [0, 0.05) is 25.7 Å². The van der Waals surface area contributed by atoms with Gasteiger partial charge >= 0.3 is 0 Å². The van der Waals surface area contributed by atoms with Crippen LogP contribution in [0.3, 0.4) is 0 Å². The Morgan fingerprint density at radius 2 is 1.75 bits per heavy atom. The first-order valence-electron chi connectivity index (χ1n) is 7.17. The van der Waals surface area contributed by atoms with Crippen molar-refractivity contribution in [1.82, 2.24) is 0 Å². The number of hydrogen-bond acceptors (Lipinski definition) is 4. The minimum atomic E-state index is -0.174. The van der Waals surface area contributed by atoms with E-state index in [1.165, 1.54) is 11.8 Å². The minimum absolute atomic E-state index is 0.174. The Labute approximate surface area is 152 Å². The Kier molecular flexibility index (Phi) is 4.61. The fourth-order valence-electron chi connectivity index (χ4n) is 2.73. The summed E-state index contributed by atoms with van der Waals surface area (Å²) in [5.74, 6) is -0.174. The van der Waals surface area contributed by atoms with E-state index in [0.717, 1.165) is 15.2 Å². The summed E-state index contributed by atoms with van der Waals surface area (Å²) >= 11 is 4.73. The van der Waals surface area contributed by atoms with Crippen LogP contribution < -0.4 is 5.73 Å². The van der Waals surface area contributed by atoms with Crippen LogP contribution in [0.2, 0.25) is 0 Å². The molecule has 0 amide bonds. The molecule has 0 radical (unpaired) electrons. The average molecular weight is 397 g/mol. The van der Waals surface area contributed by atoms with E-state index < -0.39 is 0 Å². The van der Waals surface area contributed by atoms with Crippen LogP contribution in [0.15, 0.2) is 57.9 Å². The lowest BCUT2D eigenvalue weighted by Gasteiger charge is -2.15. The van der Waals surface area contributed by atoms with Crippen molar-refractivity contribution in [3.63, 3.8) is 0 Å². The second-order valence-corrected chi connectivity index (χ2v) is 6.92. The minimum Gasteiger partial charge on any atom is -0.398 e. The van der Waals surface area contributed by atoms with Gasteiger partial charge in [-0.2, -0.15) is 5.26 Å². The van der Waals surface area contributed by atoms with Crippen LogP contribution >= 0.6 is 27.7 Å². The summed E-state index contributed by atoms with van der Waals surface area (Å²) in [6.07, 6.45) is 1.85. The smallest absolute Gasteiger partial charge is 0.196 e. The van der Waals surface area contributed by atoms with Gasteiger partial charge in [-0.1, -0.05) is 40.2 Å². The van der Waals surface area contributed by atoms with E-state index >= 15 is 0 Å². The van der Waals surface area contributed by atoms with E-state index in [1.807, 2.05) is 42.7 Å². The molecular formula is C19H13BrN2OS. The Bertz CT molecular complexity index is 991. The number of carbonyl (C=O) groups excluding carboxylic acids is 1. The molecule has 3 aromatic rings. The number of carbonyl (C=O) groups is 1. The molecule has 2 N–H and O–H groups in total. The molecule has 0 bridgehead atoms. The van der Waals surface area contributed by atoms with E-state index in [-0.39, 0.29) is 5.78 Å². The van der Waals surface area contributed by atoms with Crippen LogP contribution in [0.1, 0.15) is 21.5 Å². The summed E-state index contributed by atoms with van der Waals surface area (Å²) in [6, 6.07) is 16.8. The van der Waals surface area contributed by atoms with E-state index in [0.29, 0.717) is 27.3 Å². The number of benzene rings is 3. The van der Waals surface area contributed by atoms with E-state index in [1.54, 1.807) is 12.1 Å². The molecule has 0 aromatic heterocycles. The van der Waals surface area contributed by atoms with Gasteiger partial charge in [0.25, 0.3) is 0 Å². The normalized spacial score (nSPS) is 10.5. The maximum absolute atomic E-state index is 13.1. The van der Waals surface area contributed by atoms with E-state index in [4.69, 9.17) is 5.73 Å². The van der Waals surface area contributed by atoms with Gasteiger partial charge < -0.3 is 5.73 Å². The number of nitrogens with two attached hydrogens (primary N) is 1. The molecular weight excluding hydrogens is 384 g/mol. The molecule has 0 aliphatic heterocycles. The molecule has 0 saturated carbocycles. The lowest BCUT2D eigenvalue weighted by Crippen LogP contribution is -2.09. The van der Waals surface area contributed by atoms with Gasteiger partial charge in [-0.3, -0.25) is 4.79 Å². The number of rotatable bonds is 3. The van der Waals surface area contributed by atoms with Crippen LogP contribution in [0.4, 0.5) is 5.69 Å². The summed E-state index contributed by atoms with van der Waals surface area (Å²) in [6.45, 7) is 0. The van der Waals surface area contributed by atoms with Crippen molar-refractivity contribution >= 4 is 49.9 Å². The molecule has 3 aromatic carbocycles. The number of hydrogen-bond donors (Lipinski definition) is 1. The standard InChI is InChI=1S/C19H13BrN2OS/c1-24-19-15(10-21)13-4-2-3-5-14(13)17(22)16(19)18(23)11-6-8-12(20)9-7-11/h2-9H,22H2,1H3. The molecule has 0 fully saturated rings. The maximum atomic E-state index is 13.1. The Hall–Kier alpha value is -2.29. The van der Waals surface area contributed by atoms with Gasteiger partial charge in [0.2, 0.25) is 0 Å². The lowest BCUT2D eigenvalue weighted by atomic mass is 9.94. The molecule has 5 heteroatoms. The van der Waals surface area contributed by atoms with Crippen molar-refractivity contribution < 1.29 is 4.79 Å². The van der Waals surface area contributed by atoms with Crippen LogP contribution in [0.5, 0.6) is 0 Å². The Morgan fingerprint density at radius 3 is 2.33 bits per heavy atom. The molecule has 0 aliphatic rings. The zero-order chi connectivity index (χ0) is 17.3. The second kappa shape index (κ2) is 6.68. The zero-order valence-corrected chi connectivity index (χ0v) is 15.2. The van der Waals surface area contributed by atoms with Crippen molar-refractivity contribution in [3.05, 3.63) is 69.7 Å². The molecule has 24 heavy (non-hydrogen) atoms. The quantitative estimate of drug-likeness (QED) is 0.383. The summed E-state index contributed by atoms with van der Waals surface area (Å²) in [7, 11) is 0. The third-order valence-corrected chi connectivity index (χ3v) is 5.20. The summed E-state index contributed by atoms with van der Waals surface area (Å²) < 4.78 is 0.897. The van der Waals surface area contributed by atoms with Gasteiger partial charge in [0.15, 0.2) is 5.78 Å². The fourth-order valence-corrected chi connectivity index (χ4v) is 3.76. The number of fused-ring (bicyclic) bond motifs is 1. The molecule has 0 heterocycles. The predicted octanol–water partition coefficient (Wildman–Crippen LogP) is 5.01. The Morgan fingerprint density at radius 1 is 1.12 bits per heavy atom. The monoisotopic (exact) mass is 396 g/mol. The maximum Gasteiger partial charge on any atom is 0.196 e. The average Bonchev–Trinajstić information content (AvgIpc) is 2.61. The number of halogens is 1. The first-order chi connectivity index (χ1) is 11.6. The lowest BCUT2D eigenvalue weighted by molar-refractivity contribution is 0.103. The number of nitrogen functional groups attached to an aromatic ring is 1. The zero-order valence-electron chi connectivity index (χ0n) is 12.8. The molecule has 0 aliphatic carbocycles. The Balaban J connectivity index is 2.35. The number of anilines is 1. The molecule has 118 valence electrons. The molecule has 3 nitrogen and oxygen atoms in total. The van der Waals surface area contributed by atoms with Gasteiger partial charge in [-0.15, -0.1) is 11.8 Å². The number of thioether (sulfide) groups is 1. The molecule has 0 unspecified atom stereocenters. The van der Waals surface area contributed by atoms with E-state index in [9.17, 15) is 10.1 Å². The summed E-state index contributed by atoms with van der Waals surface area (Å²) in [5.41, 5.74) is 8.19. The number of nitrogens with zero attached hydrogens (tertiary/aromatic N) is 1. The highest BCUT2D eigenvalue weighted by atomic mass is 79.9. The topological polar surface area (TPSA) is 66.9 Å². The van der Waals surface area contributed by atoms with Crippen LogP contribution in [-0.4, -0.2) is 12.0 Å². The van der Waals surface area contributed by atoms with Crippen molar-refractivity contribution in [2.75, 3.05) is 12.0 Å². The van der Waals surface area contributed by atoms with Gasteiger partial charge in [0.1, 0.15) is 6.07 Å². The van der Waals surface area contributed by atoms with Crippen LogP contribution in [-0.2, 0) is 0 Å². The van der Waals surface area contributed by atoms with Crippen molar-refractivity contribution in [2.24, 2.45) is 0 Å². The molecule has 0 atom stereocenters. The van der Waals surface area contributed by atoms with Crippen LogP contribution in [0.25, 0.3) is 10.8 Å². The fraction of sp³-hybridized carbons (Fsp3) is 0.0526. The predicted molar refractivity (Wildman–Crippen MR) is 102 cm³/mol. The molecule has 0 saturated heterocycles. The number of ketones is 1. The van der Waals surface area contributed by atoms with Crippen molar-refractivity contribution in [1.29, 1.82) is 5.26 Å². The number of nitriles is 1. The largest absolute Gasteiger partial charge is 0.398 e. The second-order valence-electron chi connectivity index (χ2n) is 5.19. The highest BCUT2D eigenvalue weighted by Crippen LogP contribution is 2.38.